The quantitative estimate of drug-likeness (QED) is 0.0811. The number of piperazine rings is 1. The van der Waals surface area contributed by atoms with Crippen molar-refractivity contribution < 1.29 is 9.18 Å². The number of carbonyl (C=O) groups is 1. The highest BCUT2D eigenvalue weighted by atomic mass is 32.1. The number of fused-ring (bicyclic) bond motifs is 1. The second-order valence-corrected chi connectivity index (χ2v) is 16.3. The molecule has 3 aromatic heterocycles. The number of unbranched alkanes of at least 4 members (excludes halogenated alkanes) is 11. The van der Waals surface area contributed by atoms with E-state index in [4.69, 9.17) is 9.97 Å². The summed E-state index contributed by atoms with van der Waals surface area (Å²) < 4.78 is 16.1. The van der Waals surface area contributed by atoms with Gasteiger partial charge in [0.1, 0.15) is 11.5 Å². The molecule has 11 heteroatoms. The van der Waals surface area contributed by atoms with Crippen LogP contribution < -0.4 is 10.6 Å². The summed E-state index contributed by atoms with van der Waals surface area (Å²) in [5.41, 5.74) is 2.72. The summed E-state index contributed by atoms with van der Waals surface area (Å²) in [7, 11) is 0. The van der Waals surface area contributed by atoms with E-state index in [0.29, 0.717) is 17.4 Å². The number of hydrogen-bond donors (Lipinski definition) is 2. The highest BCUT2D eigenvalue weighted by molar-refractivity contribution is 7.22. The molecule has 0 radical (unpaired) electrons. The number of anilines is 3. The molecule has 54 heavy (non-hydrogen) atoms. The van der Waals surface area contributed by atoms with Gasteiger partial charge in [-0.2, -0.15) is 0 Å². The number of thiazole rings is 1. The van der Waals surface area contributed by atoms with E-state index in [1.807, 2.05) is 41.4 Å². The van der Waals surface area contributed by atoms with Crippen LogP contribution >= 0.6 is 11.3 Å². The first-order chi connectivity index (χ1) is 26.5. The fourth-order valence-electron chi connectivity index (χ4n) is 7.94. The molecule has 0 bridgehead atoms. The third-order valence-electron chi connectivity index (χ3n) is 11.3. The minimum atomic E-state index is -0.490. The summed E-state index contributed by atoms with van der Waals surface area (Å²) in [5.74, 6) is 0.313. The fraction of sp³-hybridized carbons (Fsp3) is 0.605. The Morgan fingerprint density at radius 1 is 0.852 bits per heavy atom. The number of nitrogens with zero attached hydrogens (tertiary/aromatic N) is 6. The van der Waals surface area contributed by atoms with E-state index in [2.05, 4.69) is 39.3 Å². The van der Waals surface area contributed by atoms with E-state index in [0.717, 1.165) is 72.9 Å². The second kappa shape index (κ2) is 20.8. The maximum atomic E-state index is 15.1. The summed E-state index contributed by atoms with van der Waals surface area (Å²) in [4.78, 5) is 36.6. The zero-order chi connectivity index (χ0) is 37.5. The van der Waals surface area contributed by atoms with Crippen LogP contribution in [-0.4, -0.2) is 74.4 Å². The molecule has 1 atom stereocenters. The highest BCUT2D eigenvalue weighted by Crippen LogP contribution is 2.33. The Balaban J connectivity index is 1.06. The lowest BCUT2D eigenvalue weighted by atomic mass is 9.92. The van der Waals surface area contributed by atoms with Gasteiger partial charge >= 0.3 is 0 Å². The molecule has 9 nitrogen and oxygen atoms in total. The van der Waals surface area contributed by atoms with Gasteiger partial charge in [0.25, 0.3) is 0 Å². The van der Waals surface area contributed by atoms with Crippen molar-refractivity contribution in [2.24, 2.45) is 0 Å². The Hall–Kier alpha value is -3.70. The van der Waals surface area contributed by atoms with Crippen LogP contribution in [0.1, 0.15) is 134 Å². The van der Waals surface area contributed by atoms with Crippen LogP contribution in [0, 0.1) is 5.82 Å². The molecule has 1 amide bonds. The van der Waals surface area contributed by atoms with Crippen LogP contribution in [-0.2, 0) is 4.79 Å². The normalized spacial score (nSPS) is 15.9. The lowest BCUT2D eigenvalue weighted by Gasteiger charge is -2.36. The molecule has 2 fully saturated rings. The van der Waals surface area contributed by atoms with Gasteiger partial charge in [0.15, 0.2) is 10.9 Å². The first-order valence-corrected chi connectivity index (χ1v) is 21.8. The lowest BCUT2D eigenvalue weighted by Crippen LogP contribution is -2.49. The van der Waals surface area contributed by atoms with Crippen LogP contribution in [0.4, 0.5) is 21.3 Å². The summed E-state index contributed by atoms with van der Waals surface area (Å²) in [6.07, 6.45) is 24.2. The standard InChI is InChI=1S/C43H61FN8OS/c1-3-5-6-7-8-9-10-11-12-13-14-15-20-35(41(53)52-27-25-51(4-2)26-28-52)33-22-24-39(45-30-33)49-42-46-31-36(44)40(50-42)32-21-23-37-38(29-32)54-43(48-37)47-34-18-16-17-19-34/h21-24,29-31,34-35H,3-20,25-28H2,1-2H3,(H,47,48)(H,45,46,49,50). The van der Waals surface area contributed by atoms with Gasteiger partial charge in [0, 0.05) is 44.0 Å². The Morgan fingerprint density at radius 3 is 2.22 bits per heavy atom. The second-order valence-electron chi connectivity index (χ2n) is 15.3. The monoisotopic (exact) mass is 756 g/mol. The Bertz CT molecular complexity index is 1740. The molecule has 292 valence electrons. The van der Waals surface area contributed by atoms with E-state index in [9.17, 15) is 4.79 Å². The van der Waals surface area contributed by atoms with Gasteiger partial charge in [-0.15, -0.1) is 0 Å². The number of amides is 1. The SMILES string of the molecule is CCCCCCCCCCCCCCC(C(=O)N1CCN(CC)CC1)c1ccc(Nc2ncc(F)c(-c3ccc4nc(NC5CCCC5)sc4c3)n2)nc1. The predicted octanol–water partition coefficient (Wildman–Crippen LogP) is 10.7. The van der Waals surface area contributed by atoms with Crippen molar-refractivity contribution in [2.75, 3.05) is 43.4 Å². The third kappa shape index (κ3) is 11.4. The van der Waals surface area contributed by atoms with Crippen molar-refractivity contribution in [3.63, 3.8) is 0 Å². The van der Waals surface area contributed by atoms with Crippen molar-refractivity contribution in [1.29, 1.82) is 0 Å². The molecule has 1 aromatic carbocycles. The van der Waals surface area contributed by atoms with E-state index >= 15 is 4.39 Å². The van der Waals surface area contributed by atoms with Crippen LogP contribution in [0.15, 0.2) is 42.7 Å². The van der Waals surface area contributed by atoms with Gasteiger partial charge in [-0.05, 0) is 49.6 Å². The molecule has 2 N–H and O–H groups in total. The van der Waals surface area contributed by atoms with Crippen molar-refractivity contribution >= 4 is 44.4 Å². The van der Waals surface area contributed by atoms with Crippen LogP contribution in [0.3, 0.4) is 0 Å². The third-order valence-corrected chi connectivity index (χ3v) is 12.2. The van der Waals surface area contributed by atoms with Crippen molar-refractivity contribution in [3.8, 4) is 11.3 Å². The smallest absolute Gasteiger partial charge is 0.230 e. The first kappa shape index (κ1) is 40.0. The number of nitrogens with one attached hydrogen (secondary N) is 2. The highest BCUT2D eigenvalue weighted by Gasteiger charge is 2.28. The Morgan fingerprint density at radius 2 is 1.56 bits per heavy atom. The number of carbonyl (C=O) groups excluding carboxylic acids is 1. The van der Waals surface area contributed by atoms with Crippen molar-refractivity contribution in [2.45, 2.75) is 135 Å². The van der Waals surface area contributed by atoms with Gasteiger partial charge in [0.2, 0.25) is 11.9 Å². The van der Waals surface area contributed by atoms with Crippen LogP contribution in [0.25, 0.3) is 21.5 Å². The number of hydrogen-bond acceptors (Lipinski definition) is 9. The average Bonchev–Trinajstić information content (AvgIpc) is 3.87. The maximum Gasteiger partial charge on any atom is 0.230 e. The van der Waals surface area contributed by atoms with Crippen molar-refractivity contribution in [3.05, 3.63) is 54.1 Å². The Kier molecular flexibility index (Phi) is 15.4. The van der Waals surface area contributed by atoms with E-state index in [-0.39, 0.29) is 23.5 Å². The first-order valence-electron chi connectivity index (χ1n) is 20.9. The van der Waals surface area contributed by atoms with Crippen LogP contribution in [0.2, 0.25) is 0 Å². The summed E-state index contributed by atoms with van der Waals surface area (Å²) in [6, 6.07) is 10.1. The lowest BCUT2D eigenvalue weighted by molar-refractivity contribution is -0.134. The minimum Gasteiger partial charge on any atom is -0.359 e. The molecule has 4 aromatic rings. The largest absolute Gasteiger partial charge is 0.359 e. The van der Waals surface area contributed by atoms with Crippen molar-refractivity contribution in [1.82, 2.24) is 29.7 Å². The number of aromatic nitrogens is 4. The fourth-order valence-corrected chi connectivity index (χ4v) is 8.92. The van der Waals surface area contributed by atoms with Gasteiger partial charge in [-0.3, -0.25) is 4.79 Å². The van der Waals surface area contributed by atoms with Crippen LogP contribution in [0.5, 0.6) is 0 Å². The molecular formula is C43H61FN8OS. The van der Waals surface area contributed by atoms with Gasteiger partial charge in [-0.25, -0.2) is 24.3 Å². The van der Waals surface area contributed by atoms with E-state index < -0.39 is 5.82 Å². The predicted molar refractivity (Wildman–Crippen MR) is 221 cm³/mol. The average molecular weight is 757 g/mol. The summed E-state index contributed by atoms with van der Waals surface area (Å²) in [6.45, 7) is 8.85. The zero-order valence-electron chi connectivity index (χ0n) is 32.6. The molecule has 4 heterocycles. The van der Waals surface area contributed by atoms with Gasteiger partial charge in [0.05, 0.1) is 22.3 Å². The number of halogens is 1. The Labute approximate surface area is 326 Å². The summed E-state index contributed by atoms with van der Waals surface area (Å²) in [5, 5.41) is 7.64. The molecule has 1 aliphatic heterocycles. The molecule has 1 saturated carbocycles. The van der Waals surface area contributed by atoms with E-state index in [1.54, 1.807) is 11.3 Å². The van der Waals surface area contributed by atoms with Gasteiger partial charge < -0.3 is 20.4 Å². The molecular weight excluding hydrogens is 696 g/mol. The summed E-state index contributed by atoms with van der Waals surface area (Å²) >= 11 is 1.59. The number of benzene rings is 1. The molecule has 1 unspecified atom stereocenters. The number of likely N-dealkylation sites (N-methyl/N-ethyl adjacent to an activating group) is 1. The molecule has 1 saturated heterocycles. The zero-order valence-corrected chi connectivity index (χ0v) is 33.4. The number of pyridine rings is 1. The molecule has 6 rings (SSSR count). The molecule has 2 aliphatic rings. The number of rotatable bonds is 21. The topological polar surface area (TPSA) is 99.2 Å². The minimum absolute atomic E-state index is 0.210. The van der Waals surface area contributed by atoms with E-state index in [1.165, 1.54) is 96.1 Å². The van der Waals surface area contributed by atoms with Gasteiger partial charge in [-0.1, -0.05) is 127 Å². The molecule has 0 spiro atoms. The maximum absolute atomic E-state index is 15.1. The molecule has 1 aliphatic carbocycles.